The number of amides is 1. The smallest absolute Gasteiger partial charge is 0.230 e. The first-order chi connectivity index (χ1) is 9.26. The molecule has 0 radical (unpaired) electrons. The van der Waals surface area contributed by atoms with E-state index in [9.17, 15) is 4.79 Å². The van der Waals surface area contributed by atoms with Crippen LogP contribution in [0.2, 0.25) is 0 Å². The molecular weight excluding hydrogens is 260 g/mol. The van der Waals surface area contributed by atoms with Crippen molar-refractivity contribution in [3.63, 3.8) is 0 Å². The van der Waals surface area contributed by atoms with E-state index in [4.69, 9.17) is 0 Å². The van der Waals surface area contributed by atoms with Crippen molar-refractivity contribution in [3.8, 4) is 11.4 Å². The van der Waals surface area contributed by atoms with Crippen LogP contribution in [0.15, 0.2) is 35.5 Å². The van der Waals surface area contributed by atoms with Crippen molar-refractivity contribution in [2.75, 3.05) is 12.8 Å². The summed E-state index contributed by atoms with van der Waals surface area (Å²) in [6, 6.07) is 9.92. The van der Waals surface area contributed by atoms with E-state index in [1.807, 2.05) is 41.8 Å². The molecule has 6 heteroatoms. The maximum Gasteiger partial charge on any atom is 0.230 e. The summed E-state index contributed by atoms with van der Waals surface area (Å²) >= 11 is 1.40. The molecule has 0 spiro atoms. The van der Waals surface area contributed by atoms with Gasteiger partial charge < -0.3 is 9.88 Å². The molecule has 0 saturated carbocycles. The Bertz CT molecular complexity index is 553. The molecule has 1 heterocycles. The first-order valence-electron chi connectivity index (χ1n) is 6.08. The van der Waals surface area contributed by atoms with E-state index in [0.29, 0.717) is 5.75 Å². The van der Waals surface area contributed by atoms with E-state index in [0.717, 1.165) is 23.1 Å². The van der Waals surface area contributed by atoms with Crippen LogP contribution in [-0.4, -0.2) is 33.5 Å². The van der Waals surface area contributed by atoms with E-state index < -0.39 is 0 Å². The summed E-state index contributed by atoms with van der Waals surface area (Å²) in [6.07, 6.45) is 0. The average molecular weight is 276 g/mol. The highest BCUT2D eigenvalue weighted by Crippen LogP contribution is 2.23. The maximum absolute atomic E-state index is 11.3. The van der Waals surface area contributed by atoms with Crippen molar-refractivity contribution in [3.05, 3.63) is 30.3 Å². The Morgan fingerprint density at radius 2 is 2.05 bits per heavy atom. The predicted octanol–water partition coefficient (Wildman–Crippen LogP) is 1.80. The van der Waals surface area contributed by atoms with Crippen LogP contribution in [0.4, 0.5) is 0 Å². The zero-order valence-electron chi connectivity index (χ0n) is 11.0. The zero-order valence-corrected chi connectivity index (χ0v) is 11.8. The number of thioether (sulfide) groups is 1. The lowest BCUT2D eigenvalue weighted by Gasteiger charge is -2.06. The normalized spacial score (nSPS) is 10.4. The summed E-state index contributed by atoms with van der Waals surface area (Å²) in [5, 5.41) is 11.7. The molecule has 1 amide bonds. The highest BCUT2D eigenvalue weighted by Gasteiger charge is 2.13. The predicted molar refractivity (Wildman–Crippen MR) is 75.9 cm³/mol. The fourth-order valence-corrected chi connectivity index (χ4v) is 2.56. The molecule has 0 aliphatic rings. The van der Waals surface area contributed by atoms with Gasteiger partial charge in [0, 0.05) is 19.2 Å². The molecule has 0 unspecified atom stereocenters. The van der Waals surface area contributed by atoms with Gasteiger partial charge >= 0.3 is 0 Å². The van der Waals surface area contributed by atoms with Gasteiger partial charge in [0.1, 0.15) is 0 Å². The van der Waals surface area contributed by atoms with E-state index in [2.05, 4.69) is 15.5 Å². The fourth-order valence-electron chi connectivity index (χ4n) is 1.68. The molecule has 2 aromatic rings. The first kappa shape index (κ1) is 13.6. The fraction of sp³-hybridized carbons (Fsp3) is 0.308. The molecule has 0 bridgehead atoms. The number of rotatable bonds is 5. The molecule has 0 aliphatic carbocycles. The van der Waals surface area contributed by atoms with Crippen LogP contribution in [0.1, 0.15) is 6.92 Å². The third kappa shape index (κ3) is 3.14. The Morgan fingerprint density at radius 1 is 1.32 bits per heavy atom. The minimum atomic E-state index is -0.0167. The van der Waals surface area contributed by atoms with Crippen LogP contribution in [0, 0.1) is 0 Å². The second-order valence-corrected chi connectivity index (χ2v) is 4.82. The summed E-state index contributed by atoms with van der Waals surface area (Å²) in [6.45, 7) is 2.81. The van der Waals surface area contributed by atoms with Crippen molar-refractivity contribution < 1.29 is 4.79 Å². The Labute approximate surface area is 116 Å². The Morgan fingerprint density at radius 3 is 2.68 bits per heavy atom. The van der Waals surface area contributed by atoms with Gasteiger partial charge in [0.2, 0.25) is 5.91 Å². The molecule has 2 rings (SSSR count). The summed E-state index contributed by atoms with van der Waals surface area (Å²) < 4.78 is 2.02. The van der Waals surface area contributed by atoms with Gasteiger partial charge in [-0.3, -0.25) is 4.79 Å². The number of carbonyl (C=O) groups excluding carboxylic acids is 1. The molecule has 19 heavy (non-hydrogen) atoms. The van der Waals surface area contributed by atoms with E-state index in [-0.39, 0.29) is 5.91 Å². The number of nitrogens with one attached hydrogen (secondary N) is 1. The van der Waals surface area contributed by atoms with Crippen LogP contribution in [0.3, 0.4) is 0 Å². The lowest BCUT2D eigenvalue weighted by atomic mass is 10.2. The second kappa shape index (κ2) is 6.38. The van der Waals surface area contributed by atoms with E-state index in [1.165, 1.54) is 11.8 Å². The SMILES string of the molecule is CCn1c(SCC(=O)NC)nnc1-c1ccccc1. The van der Waals surface area contributed by atoms with Gasteiger partial charge in [0.05, 0.1) is 5.75 Å². The van der Waals surface area contributed by atoms with Gasteiger partial charge in [0.25, 0.3) is 0 Å². The first-order valence-corrected chi connectivity index (χ1v) is 7.06. The summed E-state index contributed by atoms with van der Waals surface area (Å²) in [4.78, 5) is 11.3. The van der Waals surface area contributed by atoms with Crippen LogP contribution in [0.25, 0.3) is 11.4 Å². The number of hydrogen-bond acceptors (Lipinski definition) is 4. The largest absolute Gasteiger partial charge is 0.358 e. The summed E-state index contributed by atoms with van der Waals surface area (Å²) in [5.41, 5.74) is 1.03. The third-order valence-electron chi connectivity index (χ3n) is 2.68. The Kier molecular flexibility index (Phi) is 4.57. The molecule has 0 atom stereocenters. The van der Waals surface area contributed by atoms with Gasteiger partial charge in [-0.15, -0.1) is 10.2 Å². The van der Waals surface area contributed by atoms with Crippen molar-refractivity contribution >= 4 is 17.7 Å². The van der Waals surface area contributed by atoms with Crippen molar-refractivity contribution in [2.45, 2.75) is 18.6 Å². The van der Waals surface area contributed by atoms with Gasteiger partial charge in [-0.25, -0.2) is 0 Å². The molecular formula is C13H16N4OS. The topological polar surface area (TPSA) is 59.8 Å². The van der Waals surface area contributed by atoms with E-state index >= 15 is 0 Å². The Balaban J connectivity index is 2.23. The summed E-state index contributed by atoms with van der Waals surface area (Å²) in [5.74, 6) is 1.17. The zero-order chi connectivity index (χ0) is 13.7. The van der Waals surface area contributed by atoms with Gasteiger partial charge in [0.15, 0.2) is 11.0 Å². The molecule has 0 fully saturated rings. The average Bonchev–Trinajstić information content (AvgIpc) is 2.88. The monoisotopic (exact) mass is 276 g/mol. The molecule has 1 aromatic heterocycles. The standard InChI is InChI=1S/C13H16N4OS/c1-3-17-12(10-7-5-4-6-8-10)15-16-13(17)19-9-11(18)14-2/h4-8H,3,9H2,1-2H3,(H,14,18). The second-order valence-electron chi connectivity index (χ2n) is 3.88. The van der Waals surface area contributed by atoms with Crippen molar-refractivity contribution in [2.24, 2.45) is 0 Å². The number of aromatic nitrogens is 3. The highest BCUT2D eigenvalue weighted by molar-refractivity contribution is 7.99. The number of hydrogen-bond donors (Lipinski definition) is 1. The van der Waals surface area contributed by atoms with Crippen molar-refractivity contribution in [1.82, 2.24) is 20.1 Å². The molecule has 0 saturated heterocycles. The molecule has 0 aliphatic heterocycles. The van der Waals surface area contributed by atoms with Crippen molar-refractivity contribution in [1.29, 1.82) is 0 Å². The molecule has 1 N–H and O–H groups in total. The van der Waals surface area contributed by atoms with Gasteiger partial charge in [-0.05, 0) is 6.92 Å². The minimum Gasteiger partial charge on any atom is -0.358 e. The van der Waals surface area contributed by atoms with Crippen LogP contribution in [-0.2, 0) is 11.3 Å². The molecule has 5 nitrogen and oxygen atoms in total. The minimum absolute atomic E-state index is 0.0167. The third-order valence-corrected chi connectivity index (χ3v) is 3.64. The highest BCUT2D eigenvalue weighted by atomic mass is 32.2. The van der Waals surface area contributed by atoms with Gasteiger partial charge in [-0.2, -0.15) is 0 Å². The quantitative estimate of drug-likeness (QED) is 0.846. The van der Waals surface area contributed by atoms with Crippen LogP contribution in [0.5, 0.6) is 0 Å². The lowest BCUT2D eigenvalue weighted by molar-refractivity contribution is -0.118. The number of benzene rings is 1. The summed E-state index contributed by atoms with van der Waals surface area (Å²) in [7, 11) is 1.63. The number of nitrogens with zero attached hydrogens (tertiary/aromatic N) is 3. The molecule has 1 aromatic carbocycles. The van der Waals surface area contributed by atoms with Gasteiger partial charge in [-0.1, -0.05) is 42.1 Å². The van der Waals surface area contributed by atoms with E-state index in [1.54, 1.807) is 7.05 Å². The molecule has 100 valence electrons. The Hall–Kier alpha value is -1.82. The maximum atomic E-state index is 11.3. The number of carbonyl (C=O) groups is 1. The lowest BCUT2D eigenvalue weighted by Crippen LogP contribution is -2.20. The van der Waals surface area contributed by atoms with Crippen LogP contribution < -0.4 is 5.32 Å². The van der Waals surface area contributed by atoms with Crippen LogP contribution >= 0.6 is 11.8 Å².